The van der Waals surface area contributed by atoms with Gasteiger partial charge in [0, 0.05) is 64.5 Å². The number of rotatable bonds is 4. The van der Waals surface area contributed by atoms with Crippen LogP contribution in [0, 0.1) is 0 Å². The Labute approximate surface area is 149 Å². The molecular formula is C18H27N5O2. The van der Waals surface area contributed by atoms with Crippen molar-refractivity contribution >= 4 is 17.8 Å². The van der Waals surface area contributed by atoms with Crippen molar-refractivity contribution in [1.29, 1.82) is 0 Å². The molecule has 0 spiro atoms. The predicted octanol–water partition coefficient (Wildman–Crippen LogP) is 1.31. The molecule has 1 aromatic heterocycles. The standard InChI is InChI=1S/C18H27N5O2/c24-16-6-2-1-3-10-21(16)13-7-17(25)22-11-5-12-23(15-14-22)18-19-8-4-9-20-18/h4,8-9H,1-3,5-7,10-15H2. The summed E-state index contributed by atoms with van der Waals surface area (Å²) in [4.78, 5) is 39.1. The lowest BCUT2D eigenvalue weighted by molar-refractivity contribution is -0.134. The van der Waals surface area contributed by atoms with Gasteiger partial charge in [-0.2, -0.15) is 0 Å². The first-order chi connectivity index (χ1) is 12.2. The molecule has 7 nitrogen and oxygen atoms in total. The fraction of sp³-hybridized carbons (Fsp3) is 0.667. The van der Waals surface area contributed by atoms with Gasteiger partial charge in [-0.3, -0.25) is 9.59 Å². The predicted molar refractivity (Wildman–Crippen MR) is 95.1 cm³/mol. The summed E-state index contributed by atoms with van der Waals surface area (Å²) < 4.78 is 0. The highest BCUT2D eigenvalue weighted by atomic mass is 16.2. The van der Waals surface area contributed by atoms with Crippen LogP contribution in [0.1, 0.15) is 38.5 Å². The van der Waals surface area contributed by atoms with Crippen molar-refractivity contribution in [3.05, 3.63) is 18.5 Å². The van der Waals surface area contributed by atoms with Crippen LogP contribution in [0.3, 0.4) is 0 Å². The normalized spacial score (nSPS) is 19.5. The van der Waals surface area contributed by atoms with Gasteiger partial charge in [0.1, 0.15) is 0 Å². The summed E-state index contributed by atoms with van der Waals surface area (Å²) in [6.45, 7) is 4.41. The maximum Gasteiger partial charge on any atom is 0.225 e. The molecule has 0 aromatic carbocycles. The lowest BCUT2D eigenvalue weighted by Crippen LogP contribution is -2.39. The summed E-state index contributed by atoms with van der Waals surface area (Å²) in [5.74, 6) is 1.08. The van der Waals surface area contributed by atoms with Crippen molar-refractivity contribution in [2.75, 3.05) is 44.2 Å². The number of likely N-dealkylation sites (tertiary alicyclic amines) is 1. The van der Waals surface area contributed by atoms with Crippen LogP contribution in [0.15, 0.2) is 18.5 Å². The van der Waals surface area contributed by atoms with Gasteiger partial charge >= 0.3 is 0 Å². The Kier molecular flexibility index (Phi) is 6.19. The quantitative estimate of drug-likeness (QED) is 0.823. The number of carbonyl (C=O) groups excluding carboxylic acids is 2. The van der Waals surface area contributed by atoms with Gasteiger partial charge in [0.2, 0.25) is 17.8 Å². The van der Waals surface area contributed by atoms with Gasteiger partial charge in [-0.05, 0) is 25.3 Å². The zero-order valence-corrected chi connectivity index (χ0v) is 14.8. The van der Waals surface area contributed by atoms with Crippen LogP contribution >= 0.6 is 0 Å². The third-order valence-corrected chi connectivity index (χ3v) is 4.95. The molecule has 2 aliphatic rings. The fourth-order valence-electron chi connectivity index (χ4n) is 3.49. The molecule has 2 fully saturated rings. The molecular weight excluding hydrogens is 318 g/mol. The number of carbonyl (C=O) groups is 2. The van der Waals surface area contributed by atoms with Crippen LogP contribution in [0.25, 0.3) is 0 Å². The Morgan fingerprint density at radius 2 is 1.80 bits per heavy atom. The molecule has 0 atom stereocenters. The highest BCUT2D eigenvalue weighted by Gasteiger charge is 2.22. The van der Waals surface area contributed by atoms with Crippen LogP contribution in [0.2, 0.25) is 0 Å². The summed E-state index contributed by atoms with van der Waals surface area (Å²) in [5, 5.41) is 0. The maximum absolute atomic E-state index is 12.6. The van der Waals surface area contributed by atoms with Crippen LogP contribution in [-0.4, -0.2) is 70.9 Å². The molecule has 3 rings (SSSR count). The van der Waals surface area contributed by atoms with E-state index in [9.17, 15) is 9.59 Å². The topological polar surface area (TPSA) is 69.6 Å². The molecule has 1 aromatic rings. The Morgan fingerprint density at radius 1 is 0.960 bits per heavy atom. The number of nitrogens with zero attached hydrogens (tertiary/aromatic N) is 5. The van der Waals surface area contributed by atoms with Crippen LogP contribution in [-0.2, 0) is 9.59 Å². The molecule has 136 valence electrons. The summed E-state index contributed by atoms with van der Waals surface area (Å²) in [6, 6.07) is 1.81. The van der Waals surface area contributed by atoms with E-state index in [4.69, 9.17) is 0 Å². The molecule has 3 heterocycles. The van der Waals surface area contributed by atoms with Crippen molar-refractivity contribution in [3.63, 3.8) is 0 Å². The Bertz CT molecular complexity index is 580. The third kappa shape index (κ3) is 4.90. The second-order valence-corrected chi connectivity index (χ2v) is 6.71. The van der Waals surface area contributed by atoms with E-state index in [1.807, 2.05) is 9.80 Å². The van der Waals surface area contributed by atoms with Crippen molar-refractivity contribution in [3.8, 4) is 0 Å². The SMILES string of the molecule is O=C1CCCCCN1CCC(=O)N1CCCN(c2ncccn2)CC1. The Morgan fingerprint density at radius 3 is 2.64 bits per heavy atom. The molecule has 0 N–H and O–H groups in total. The van der Waals surface area contributed by atoms with Crippen molar-refractivity contribution in [1.82, 2.24) is 19.8 Å². The minimum absolute atomic E-state index is 0.146. The Hall–Kier alpha value is -2.18. The zero-order valence-electron chi connectivity index (χ0n) is 14.8. The van der Waals surface area contributed by atoms with E-state index in [1.165, 1.54) is 0 Å². The molecule has 2 amide bonds. The number of hydrogen-bond donors (Lipinski definition) is 0. The second-order valence-electron chi connectivity index (χ2n) is 6.71. The lowest BCUT2D eigenvalue weighted by Gasteiger charge is -2.24. The van der Waals surface area contributed by atoms with E-state index in [1.54, 1.807) is 18.5 Å². The molecule has 0 radical (unpaired) electrons. The first kappa shape index (κ1) is 17.6. The summed E-state index contributed by atoms with van der Waals surface area (Å²) in [6.07, 6.45) is 8.59. The van der Waals surface area contributed by atoms with Gasteiger partial charge in [0.15, 0.2) is 0 Å². The first-order valence-corrected chi connectivity index (χ1v) is 9.31. The summed E-state index contributed by atoms with van der Waals surface area (Å²) in [5.41, 5.74) is 0. The largest absolute Gasteiger partial charge is 0.342 e. The van der Waals surface area contributed by atoms with E-state index >= 15 is 0 Å². The highest BCUT2D eigenvalue weighted by molar-refractivity contribution is 5.79. The summed E-state index contributed by atoms with van der Waals surface area (Å²) in [7, 11) is 0. The zero-order chi connectivity index (χ0) is 17.5. The highest BCUT2D eigenvalue weighted by Crippen LogP contribution is 2.13. The number of amides is 2. The number of hydrogen-bond acceptors (Lipinski definition) is 5. The summed E-state index contributed by atoms with van der Waals surface area (Å²) >= 11 is 0. The van der Waals surface area contributed by atoms with E-state index in [0.29, 0.717) is 25.9 Å². The molecule has 7 heteroatoms. The lowest BCUT2D eigenvalue weighted by atomic mass is 10.2. The first-order valence-electron chi connectivity index (χ1n) is 9.31. The van der Waals surface area contributed by atoms with E-state index in [-0.39, 0.29) is 11.8 Å². The van der Waals surface area contributed by atoms with Crippen molar-refractivity contribution in [2.45, 2.75) is 38.5 Å². The smallest absolute Gasteiger partial charge is 0.225 e. The van der Waals surface area contributed by atoms with Crippen LogP contribution in [0.4, 0.5) is 5.95 Å². The van der Waals surface area contributed by atoms with E-state index in [0.717, 1.165) is 57.8 Å². The Balaban J connectivity index is 1.48. The van der Waals surface area contributed by atoms with Gasteiger partial charge in [-0.15, -0.1) is 0 Å². The molecule has 25 heavy (non-hydrogen) atoms. The van der Waals surface area contributed by atoms with Gasteiger partial charge in [-0.25, -0.2) is 9.97 Å². The maximum atomic E-state index is 12.6. The number of aromatic nitrogens is 2. The van der Waals surface area contributed by atoms with Crippen molar-refractivity contribution in [2.24, 2.45) is 0 Å². The minimum atomic E-state index is 0.146. The molecule has 2 aliphatic heterocycles. The van der Waals surface area contributed by atoms with E-state index < -0.39 is 0 Å². The molecule has 0 saturated carbocycles. The average molecular weight is 345 g/mol. The molecule has 2 saturated heterocycles. The average Bonchev–Trinajstić information content (AvgIpc) is 3.01. The monoisotopic (exact) mass is 345 g/mol. The molecule has 0 aliphatic carbocycles. The van der Waals surface area contributed by atoms with Gasteiger partial charge < -0.3 is 14.7 Å². The third-order valence-electron chi connectivity index (χ3n) is 4.95. The second kappa shape index (κ2) is 8.78. The minimum Gasteiger partial charge on any atom is -0.342 e. The van der Waals surface area contributed by atoms with Gasteiger partial charge in [-0.1, -0.05) is 6.42 Å². The van der Waals surface area contributed by atoms with Crippen LogP contribution in [0.5, 0.6) is 0 Å². The molecule has 0 unspecified atom stereocenters. The van der Waals surface area contributed by atoms with Crippen molar-refractivity contribution < 1.29 is 9.59 Å². The van der Waals surface area contributed by atoms with E-state index in [2.05, 4.69) is 14.9 Å². The van der Waals surface area contributed by atoms with Gasteiger partial charge in [0.25, 0.3) is 0 Å². The van der Waals surface area contributed by atoms with Crippen LogP contribution < -0.4 is 4.90 Å². The molecule has 0 bridgehead atoms. The number of anilines is 1. The fourth-order valence-corrected chi connectivity index (χ4v) is 3.49. The van der Waals surface area contributed by atoms with Gasteiger partial charge in [0.05, 0.1) is 0 Å².